The highest BCUT2D eigenvalue weighted by molar-refractivity contribution is 7.07. The lowest BCUT2D eigenvalue weighted by molar-refractivity contribution is 0.0946. The molecule has 32 heavy (non-hydrogen) atoms. The largest absolute Gasteiger partial charge is 0.497 e. The summed E-state index contributed by atoms with van der Waals surface area (Å²) in [4.78, 5) is 19.4. The molecular formula is C24H28N4O3S. The summed E-state index contributed by atoms with van der Waals surface area (Å²) >= 11 is 1.20. The lowest BCUT2D eigenvalue weighted by atomic mass is 10.1. The average Bonchev–Trinajstić information content (AvgIpc) is 3.26. The summed E-state index contributed by atoms with van der Waals surface area (Å²) in [6.07, 6.45) is 4.41. The first kappa shape index (κ1) is 22.2. The number of carbonyl (C=O) groups is 1. The molecule has 7 nitrogen and oxygen atoms in total. The Bertz CT molecular complexity index is 1030. The molecule has 2 aromatic carbocycles. The molecule has 0 spiro atoms. The molecule has 3 aromatic rings. The minimum atomic E-state index is -0.0940. The summed E-state index contributed by atoms with van der Waals surface area (Å²) in [6, 6.07) is 15.0. The SMILES string of the molecule is COc1cccc(Cc2nsc(Oc3cccc(C(=O)NCCN4CCCCC4)c3)n2)c1. The van der Waals surface area contributed by atoms with Gasteiger partial charge in [-0.15, -0.1) is 0 Å². The van der Waals surface area contributed by atoms with Crippen LogP contribution in [0.15, 0.2) is 48.5 Å². The Morgan fingerprint density at radius 2 is 1.91 bits per heavy atom. The molecule has 168 valence electrons. The number of methoxy groups -OCH3 is 1. The van der Waals surface area contributed by atoms with Crippen LogP contribution in [-0.2, 0) is 6.42 Å². The predicted molar refractivity (Wildman–Crippen MR) is 125 cm³/mol. The van der Waals surface area contributed by atoms with Gasteiger partial charge in [-0.1, -0.05) is 24.6 Å². The molecule has 1 amide bonds. The molecule has 1 saturated heterocycles. The highest BCUT2D eigenvalue weighted by Crippen LogP contribution is 2.25. The molecule has 0 saturated carbocycles. The predicted octanol–water partition coefficient (Wildman–Crippen LogP) is 4.15. The Balaban J connectivity index is 1.31. The van der Waals surface area contributed by atoms with Crippen molar-refractivity contribution in [2.75, 3.05) is 33.3 Å². The van der Waals surface area contributed by atoms with Crippen LogP contribution in [0.1, 0.15) is 41.0 Å². The molecule has 1 N–H and O–H groups in total. The van der Waals surface area contributed by atoms with Crippen LogP contribution in [0.25, 0.3) is 0 Å². The van der Waals surface area contributed by atoms with Gasteiger partial charge in [-0.25, -0.2) is 0 Å². The first-order chi connectivity index (χ1) is 15.7. The van der Waals surface area contributed by atoms with Crippen molar-refractivity contribution < 1.29 is 14.3 Å². The first-order valence-electron chi connectivity index (χ1n) is 10.9. The Labute approximate surface area is 192 Å². The van der Waals surface area contributed by atoms with Crippen molar-refractivity contribution in [2.24, 2.45) is 0 Å². The lowest BCUT2D eigenvalue weighted by Gasteiger charge is -2.26. The number of likely N-dealkylation sites (tertiary alicyclic amines) is 1. The van der Waals surface area contributed by atoms with Gasteiger partial charge in [0.05, 0.1) is 7.11 Å². The van der Waals surface area contributed by atoms with Crippen LogP contribution < -0.4 is 14.8 Å². The van der Waals surface area contributed by atoms with Gasteiger partial charge in [-0.05, 0) is 61.8 Å². The van der Waals surface area contributed by atoms with Gasteiger partial charge in [-0.2, -0.15) is 9.36 Å². The molecule has 0 aliphatic carbocycles. The van der Waals surface area contributed by atoms with Crippen molar-refractivity contribution in [1.82, 2.24) is 19.6 Å². The summed E-state index contributed by atoms with van der Waals surface area (Å²) in [5.41, 5.74) is 1.64. The molecule has 0 radical (unpaired) electrons. The minimum Gasteiger partial charge on any atom is -0.497 e. The Morgan fingerprint density at radius 1 is 1.09 bits per heavy atom. The molecule has 0 unspecified atom stereocenters. The second-order valence-electron chi connectivity index (χ2n) is 7.79. The molecule has 8 heteroatoms. The van der Waals surface area contributed by atoms with E-state index in [-0.39, 0.29) is 5.91 Å². The number of benzene rings is 2. The molecule has 0 bridgehead atoms. The number of ether oxygens (including phenoxy) is 2. The van der Waals surface area contributed by atoms with E-state index in [0.29, 0.717) is 35.3 Å². The molecule has 1 aromatic heterocycles. The van der Waals surface area contributed by atoms with E-state index in [1.165, 1.54) is 30.8 Å². The fourth-order valence-corrected chi connectivity index (χ4v) is 4.30. The van der Waals surface area contributed by atoms with Gasteiger partial charge in [-0.3, -0.25) is 4.79 Å². The number of nitrogens with zero attached hydrogens (tertiary/aromatic N) is 3. The second kappa shape index (κ2) is 11.1. The highest BCUT2D eigenvalue weighted by atomic mass is 32.1. The van der Waals surface area contributed by atoms with E-state index in [4.69, 9.17) is 9.47 Å². The smallest absolute Gasteiger partial charge is 0.298 e. The number of hydrogen-bond donors (Lipinski definition) is 1. The van der Waals surface area contributed by atoms with Crippen LogP contribution in [0.3, 0.4) is 0 Å². The summed E-state index contributed by atoms with van der Waals surface area (Å²) in [7, 11) is 1.65. The standard InChI is InChI=1S/C24H28N4O3S/c1-30-20-9-5-7-18(15-20)16-22-26-24(32-27-22)31-21-10-6-8-19(17-21)23(29)25-11-14-28-12-3-2-4-13-28/h5-10,15,17H,2-4,11-14,16H2,1H3,(H,25,29). The van der Waals surface area contributed by atoms with Crippen LogP contribution in [-0.4, -0.2) is 53.5 Å². The second-order valence-corrected chi connectivity index (χ2v) is 8.51. The third-order valence-electron chi connectivity index (χ3n) is 5.41. The summed E-state index contributed by atoms with van der Waals surface area (Å²) in [5, 5.41) is 3.46. The quantitative estimate of drug-likeness (QED) is 0.526. The van der Waals surface area contributed by atoms with E-state index in [0.717, 1.165) is 30.9 Å². The fourth-order valence-electron chi connectivity index (χ4n) is 3.73. The van der Waals surface area contributed by atoms with E-state index in [2.05, 4.69) is 19.6 Å². The van der Waals surface area contributed by atoms with Gasteiger partial charge in [0.1, 0.15) is 11.5 Å². The zero-order chi connectivity index (χ0) is 22.2. The number of aromatic nitrogens is 2. The third-order valence-corrected chi connectivity index (χ3v) is 6.04. The number of amides is 1. The highest BCUT2D eigenvalue weighted by Gasteiger charge is 2.12. The maximum absolute atomic E-state index is 12.5. The summed E-state index contributed by atoms with van der Waals surface area (Å²) < 4.78 is 15.5. The maximum atomic E-state index is 12.5. The first-order valence-corrected chi connectivity index (χ1v) is 11.7. The monoisotopic (exact) mass is 452 g/mol. The van der Waals surface area contributed by atoms with Gasteiger partial charge in [0.2, 0.25) is 0 Å². The van der Waals surface area contributed by atoms with Crippen molar-refractivity contribution in [3.05, 3.63) is 65.5 Å². The van der Waals surface area contributed by atoms with Crippen LogP contribution in [0, 0.1) is 0 Å². The van der Waals surface area contributed by atoms with Gasteiger partial charge in [0.15, 0.2) is 5.82 Å². The van der Waals surface area contributed by atoms with Crippen LogP contribution in [0.2, 0.25) is 0 Å². The van der Waals surface area contributed by atoms with E-state index in [9.17, 15) is 4.79 Å². The van der Waals surface area contributed by atoms with E-state index < -0.39 is 0 Å². The van der Waals surface area contributed by atoms with Gasteiger partial charge in [0.25, 0.3) is 11.1 Å². The maximum Gasteiger partial charge on any atom is 0.298 e. The van der Waals surface area contributed by atoms with Crippen LogP contribution in [0.4, 0.5) is 0 Å². The van der Waals surface area contributed by atoms with E-state index in [1.807, 2.05) is 36.4 Å². The zero-order valence-electron chi connectivity index (χ0n) is 18.3. The van der Waals surface area contributed by atoms with E-state index in [1.54, 1.807) is 19.2 Å². The Kier molecular flexibility index (Phi) is 7.68. The molecule has 2 heterocycles. The summed E-state index contributed by atoms with van der Waals surface area (Å²) in [6.45, 7) is 3.79. The topological polar surface area (TPSA) is 76.6 Å². The number of nitrogens with one attached hydrogen (secondary N) is 1. The molecule has 4 rings (SSSR count). The van der Waals surface area contributed by atoms with Crippen LogP contribution in [0.5, 0.6) is 16.7 Å². The number of piperidine rings is 1. The van der Waals surface area contributed by atoms with Crippen molar-refractivity contribution in [1.29, 1.82) is 0 Å². The molecule has 1 fully saturated rings. The molecule has 1 aliphatic rings. The normalized spacial score (nSPS) is 14.2. The van der Waals surface area contributed by atoms with Gasteiger partial charge >= 0.3 is 0 Å². The van der Waals surface area contributed by atoms with Crippen molar-refractivity contribution in [3.8, 4) is 16.7 Å². The van der Waals surface area contributed by atoms with E-state index >= 15 is 0 Å². The molecular weight excluding hydrogens is 424 g/mol. The molecule has 1 aliphatic heterocycles. The fraction of sp³-hybridized carbons (Fsp3) is 0.375. The zero-order valence-corrected chi connectivity index (χ0v) is 19.1. The average molecular weight is 453 g/mol. The van der Waals surface area contributed by atoms with Gasteiger partial charge < -0.3 is 19.7 Å². The molecule has 0 atom stereocenters. The Hall–Kier alpha value is -2.97. The number of carbonyl (C=O) groups excluding carboxylic acids is 1. The van der Waals surface area contributed by atoms with Crippen molar-refractivity contribution in [2.45, 2.75) is 25.7 Å². The number of rotatable bonds is 9. The Morgan fingerprint density at radius 3 is 2.75 bits per heavy atom. The third kappa shape index (κ3) is 6.27. The minimum absolute atomic E-state index is 0.0940. The van der Waals surface area contributed by atoms with Gasteiger partial charge in [0, 0.05) is 36.6 Å². The van der Waals surface area contributed by atoms with Crippen molar-refractivity contribution in [3.63, 3.8) is 0 Å². The van der Waals surface area contributed by atoms with Crippen molar-refractivity contribution >= 4 is 17.4 Å². The van der Waals surface area contributed by atoms with Crippen LogP contribution >= 0.6 is 11.5 Å². The lowest BCUT2D eigenvalue weighted by Crippen LogP contribution is -2.37. The summed E-state index contributed by atoms with van der Waals surface area (Å²) in [5.74, 6) is 1.96. The number of hydrogen-bond acceptors (Lipinski definition) is 7.